The molecule has 1 nitrogen and oxygen atoms in total. The first-order valence-electron chi connectivity index (χ1n) is 5.18. The lowest BCUT2D eigenvalue weighted by Crippen LogP contribution is -1.98. The summed E-state index contributed by atoms with van der Waals surface area (Å²) in [6, 6.07) is 3.95. The van der Waals surface area contributed by atoms with Crippen molar-refractivity contribution in [3.63, 3.8) is 0 Å². The van der Waals surface area contributed by atoms with E-state index in [4.69, 9.17) is 17.3 Å². The van der Waals surface area contributed by atoms with Gasteiger partial charge in [-0.05, 0) is 47.9 Å². The van der Waals surface area contributed by atoms with E-state index in [9.17, 15) is 0 Å². The molecule has 0 aromatic heterocycles. The number of hydrogen-bond donors (Lipinski definition) is 1. The average molecular weight is 210 g/mol. The smallest absolute Gasteiger partial charge is 0.0464 e. The molecule has 0 aliphatic heterocycles. The topological polar surface area (TPSA) is 26.0 Å². The van der Waals surface area contributed by atoms with Crippen molar-refractivity contribution >= 4 is 17.3 Å². The quantitative estimate of drug-likeness (QED) is 0.734. The maximum atomic E-state index is 6.23. The molecule has 0 radical (unpaired) electrons. The largest absolute Gasteiger partial charge is 0.399 e. The summed E-state index contributed by atoms with van der Waals surface area (Å²) in [4.78, 5) is 0. The molecule has 14 heavy (non-hydrogen) atoms. The molecule has 0 saturated heterocycles. The van der Waals surface area contributed by atoms with E-state index in [-0.39, 0.29) is 0 Å². The molecule has 2 heteroatoms. The molecule has 0 bridgehead atoms. The summed E-state index contributed by atoms with van der Waals surface area (Å²) in [7, 11) is 0. The number of halogens is 1. The summed E-state index contributed by atoms with van der Waals surface area (Å²) >= 11 is 6.23. The van der Waals surface area contributed by atoms with E-state index in [1.807, 2.05) is 6.07 Å². The number of nitrogen functional groups attached to an aromatic ring is 1. The second-order valence-electron chi connectivity index (χ2n) is 4.43. The zero-order chi connectivity index (χ0) is 10.3. The summed E-state index contributed by atoms with van der Waals surface area (Å²) in [6.45, 7) is 4.38. The van der Waals surface area contributed by atoms with Gasteiger partial charge in [0.2, 0.25) is 0 Å². The van der Waals surface area contributed by atoms with Gasteiger partial charge in [0.25, 0.3) is 0 Å². The Balaban J connectivity index is 2.53. The van der Waals surface area contributed by atoms with Gasteiger partial charge in [0.1, 0.15) is 0 Å². The standard InChI is InChI=1S/C12H16ClN/c1-7(2)10-5-9(14)6-11(13)12(10)8-3-4-8/h5-8H,3-4,14H2,1-2H3. The van der Waals surface area contributed by atoms with E-state index >= 15 is 0 Å². The number of benzene rings is 1. The molecule has 0 heterocycles. The number of rotatable bonds is 2. The Morgan fingerprint density at radius 3 is 2.50 bits per heavy atom. The summed E-state index contributed by atoms with van der Waals surface area (Å²) in [5.41, 5.74) is 9.26. The van der Waals surface area contributed by atoms with Crippen molar-refractivity contribution in [3.8, 4) is 0 Å². The molecule has 2 N–H and O–H groups in total. The average Bonchev–Trinajstić information content (AvgIpc) is 2.85. The Bertz CT molecular complexity index is 354. The molecule has 1 saturated carbocycles. The molecule has 0 unspecified atom stereocenters. The predicted octanol–water partition coefficient (Wildman–Crippen LogP) is 3.92. The normalized spacial score (nSPS) is 16.3. The first-order chi connectivity index (χ1) is 6.59. The number of anilines is 1. The molecule has 2 rings (SSSR count). The van der Waals surface area contributed by atoms with E-state index in [1.54, 1.807) is 0 Å². The van der Waals surface area contributed by atoms with Gasteiger partial charge in [-0.2, -0.15) is 0 Å². The van der Waals surface area contributed by atoms with Crippen molar-refractivity contribution in [3.05, 3.63) is 28.3 Å². The third-order valence-electron chi connectivity index (χ3n) is 2.79. The molecular weight excluding hydrogens is 194 g/mol. The minimum Gasteiger partial charge on any atom is -0.399 e. The zero-order valence-corrected chi connectivity index (χ0v) is 9.43. The molecule has 0 spiro atoms. The Morgan fingerprint density at radius 1 is 1.36 bits per heavy atom. The van der Waals surface area contributed by atoms with Crippen LogP contribution in [0.5, 0.6) is 0 Å². The van der Waals surface area contributed by atoms with Crippen LogP contribution in [-0.2, 0) is 0 Å². The highest BCUT2D eigenvalue weighted by atomic mass is 35.5. The monoisotopic (exact) mass is 209 g/mol. The van der Waals surface area contributed by atoms with Crippen molar-refractivity contribution in [2.75, 3.05) is 5.73 Å². The highest BCUT2D eigenvalue weighted by Crippen LogP contribution is 2.47. The number of nitrogens with two attached hydrogens (primary N) is 1. The van der Waals surface area contributed by atoms with Gasteiger partial charge < -0.3 is 5.73 Å². The first-order valence-corrected chi connectivity index (χ1v) is 5.56. The van der Waals surface area contributed by atoms with Gasteiger partial charge in [-0.3, -0.25) is 0 Å². The SMILES string of the molecule is CC(C)c1cc(N)cc(Cl)c1C1CC1. The van der Waals surface area contributed by atoms with Crippen LogP contribution in [0.25, 0.3) is 0 Å². The van der Waals surface area contributed by atoms with Crippen LogP contribution < -0.4 is 5.73 Å². The highest BCUT2D eigenvalue weighted by molar-refractivity contribution is 6.31. The van der Waals surface area contributed by atoms with Crippen LogP contribution in [0.3, 0.4) is 0 Å². The van der Waals surface area contributed by atoms with Crippen LogP contribution in [-0.4, -0.2) is 0 Å². The van der Waals surface area contributed by atoms with Crippen molar-refractivity contribution in [1.29, 1.82) is 0 Å². The van der Waals surface area contributed by atoms with E-state index in [0.717, 1.165) is 10.7 Å². The predicted molar refractivity (Wildman–Crippen MR) is 61.9 cm³/mol. The van der Waals surface area contributed by atoms with Crippen molar-refractivity contribution in [1.82, 2.24) is 0 Å². The van der Waals surface area contributed by atoms with E-state index in [2.05, 4.69) is 19.9 Å². The van der Waals surface area contributed by atoms with Crippen LogP contribution in [0, 0.1) is 0 Å². The highest BCUT2D eigenvalue weighted by Gasteiger charge is 2.29. The summed E-state index contributed by atoms with van der Waals surface area (Å²) in [5, 5.41) is 0.858. The number of hydrogen-bond acceptors (Lipinski definition) is 1. The maximum absolute atomic E-state index is 6.23. The van der Waals surface area contributed by atoms with E-state index in [1.165, 1.54) is 24.0 Å². The molecule has 1 aromatic carbocycles. The van der Waals surface area contributed by atoms with Crippen LogP contribution in [0.1, 0.15) is 49.7 Å². The summed E-state index contributed by atoms with van der Waals surface area (Å²) < 4.78 is 0. The van der Waals surface area contributed by atoms with Crippen molar-refractivity contribution in [2.45, 2.75) is 38.5 Å². The second-order valence-corrected chi connectivity index (χ2v) is 4.84. The Hall–Kier alpha value is -0.690. The molecule has 76 valence electrons. The van der Waals surface area contributed by atoms with Gasteiger partial charge in [-0.25, -0.2) is 0 Å². The molecule has 1 aliphatic carbocycles. The maximum Gasteiger partial charge on any atom is 0.0464 e. The second kappa shape index (κ2) is 3.47. The fourth-order valence-electron chi connectivity index (χ4n) is 1.94. The third kappa shape index (κ3) is 1.74. The third-order valence-corrected chi connectivity index (χ3v) is 3.10. The summed E-state index contributed by atoms with van der Waals surface area (Å²) in [5.74, 6) is 1.20. The Morgan fingerprint density at radius 2 is 2.00 bits per heavy atom. The van der Waals surface area contributed by atoms with Crippen LogP contribution >= 0.6 is 11.6 Å². The molecule has 0 amide bonds. The minimum absolute atomic E-state index is 0.506. The molecule has 1 fully saturated rings. The van der Waals surface area contributed by atoms with E-state index in [0.29, 0.717) is 11.8 Å². The van der Waals surface area contributed by atoms with Crippen molar-refractivity contribution in [2.24, 2.45) is 0 Å². The van der Waals surface area contributed by atoms with Gasteiger partial charge in [0.05, 0.1) is 0 Å². The molecule has 1 aromatic rings. The first kappa shape index (κ1) is 9.85. The van der Waals surface area contributed by atoms with Gasteiger partial charge in [0, 0.05) is 10.7 Å². The van der Waals surface area contributed by atoms with Crippen LogP contribution in [0.4, 0.5) is 5.69 Å². The van der Waals surface area contributed by atoms with Gasteiger partial charge in [0.15, 0.2) is 0 Å². The van der Waals surface area contributed by atoms with E-state index < -0.39 is 0 Å². The van der Waals surface area contributed by atoms with Gasteiger partial charge >= 0.3 is 0 Å². The summed E-state index contributed by atoms with van der Waals surface area (Å²) in [6.07, 6.45) is 2.56. The van der Waals surface area contributed by atoms with Gasteiger partial charge in [-0.15, -0.1) is 0 Å². The lowest BCUT2D eigenvalue weighted by atomic mass is 9.94. The van der Waals surface area contributed by atoms with Crippen LogP contribution in [0.15, 0.2) is 12.1 Å². The lowest BCUT2D eigenvalue weighted by molar-refractivity contribution is 0.843. The van der Waals surface area contributed by atoms with Gasteiger partial charge in [-0.1, -0.05) is 25.4 Å². The fraction of sp³-hybridized carbons (Fsp3) is 0.500. The minimum atomic E-state index is 0.506. The Kier molecular flexibility index (Phi) is 2.44. The van der Waals surface area contributed by atoms with Crippen molar-refractivity contribution < 1.29 is 0 Å². The molecular formula is C12H16ClN. The zero-order valence-electron chi connectivity index (χ0n) is 8.68. The lowest BCUT2D eigenvalue weighted by Gasteiger charge is -2.15. The molecule has 0 atom stereocenters. The fourth-order valence-corrected chi connectivity index (χ4v) is 2.33. The van der Waals surface area contributed by atoms with Crippen LogP contribution in [0.2, 0.25) is 5.02 Å². The Labute approximate surface area is 90.3 Å². The molecule has 1 aliphatic rings.